The second-order valence-electron chi connectivity index (χ2n) is 6.16. The van der Waals surface area contributed by atoms with E-state index in [0.717, 1.165) is 25.7 Å². The molecule has 1 aliphatic rings. The highest BCUT2D eigenvalue weighted by molar-refractivity contribution is 7.90. The van der Waals surface area contributed by atoms with Crippen molar-refractivity contribution < 1.29 is 21.6 Å². The Kier molecular flexibility index (Phi) is 6.84. The summed E-state index contributed by atoms with van der Waals surface area (Å²) in [5, 5.41) is 0. The van der Waals surface area contributed by atoms with Crippen molar-refractivity contribution in [3.8, 4) is 5.75 Å². The maximum Gasteiger partial charge on any atom is 0.240 e. The van der Waals surface area contributed by atoms with Crippen LogP contribution in [0.5, 0.6) is 5.75 Å². The summed E-state index contributed by atoms with van der Waals surface area (Å²) in [5.41, 5.74) is 0.544. The molecule has 2 rings (SSSR count). The van der Waals surface area contributed by atoms with Crippen LogP contribution in [0.15, 0.2) is 23.1 Å². The number of ether oxygens (including phenoxy) is 1. The Hall–Kier alpha value is -1.16. The van der Waals surface area contributed by atoms with E-state index >= 15 is 0 Å². The zero-order valence-corrected chi connectivity index (χ0v) is 16.3. The van der Waals surface area contributed by atoms with Gasteiger partial charge in [0.2, 0.25) is 20.0 Å². The number of aryl methyl sites for hydroxylation is 1. The van der Waals surface area contributed by atoms with Gasteiger partial charge in [0.1, 0.15) is 5.75 Å². The number of benzene rings is 1. The van der Waals surface area contributed by atoms with Gasteiger partial charge in [-0.25, -0.2) is 25.9 Å². The molecule has 0 aliphatic carbocycles. The maximum atomic E-state index is 12.4. The average Bonchev–Trinajstić information content (AvgIpc) is 2.83. The smallest absolute Gasteiger partial charge is 0.240 e. The second-order valence-corrected chi connectivity index (χ2v) is 9.98. The fourth-order valence-corrected chi connectivity index (χ4v) is 5.70. The van der Waals surface area contributed by atoms with Gasteiger partial charge in [0.05, 0.1) is 17.8 Å². The molecule has 0 spiro atoms. The lowest BCUT2D eigenvalue weighted by molar-refractivity contribution is 0.414. The second kappa shape index (κ2) is 8.48. The molecule has 1 heterocycles. The molecule has 9 heteroatoms. The van der Waals surface area contributed by atoms with Gasteiger partial charge in [-0.3, -0.25) is 0 Å². The molecule has 1 fully saturated rings. The fourth-order valence-electron chi connectivity index (χ4n) is 2.88. The van der Waals surface area contributed by atoms with Gasteiger partial charge in [-0.15, -0.1) is 0 Å². The van der Waals surface area contributed by atoms with Crippen molar-refractivity contribution in [2.75, 3.05) is 32.5 Å². The van der Waals surface area contributed by atoms with E-state index in [2.05, 4.69) is 4.72 Å². The van der Waals surface area contributed by atoms with Gasteiger partial charge < -0.3 is 4.74 Å². The zero-order chi connectivity index (χ0) is 18.5. The maximum absolute atomic E-state index is 12.4. The molecule has 25 heavy (non-hydrogen) atoms. The number of methoxy groups -OCH3 is 1. The number of hydrogen-bond acceptors (Lipinski definition) is 5. The standard InChI is InChI=1S/C16H26N2O5S2/c1-14-13-15(23-2)7-8-16(14)25(21,22)17-9-12-24(19,20)18-10-5-3-4-6-11-18/h7-8,13,17H,3-6,9-12H2,1-2H3. The minimum absolute atomic E-state index is 0.125. The molecule has 1 aliphatic heterocycles. The molecule has 0 saturated carbocycles. The normalized spacial score (nSPS) is 17.2. The van der Waals surface area contributed by atoms with Crippen molar-refractivity contribution in [1.29, 1.82) is 0 Å². The van der Waals surface area contributed by atoms with Crippen molar-refractivity contribution in [3.63, 3.8) is 0 Å². The van der Waals surface area contributed by atoms with Crippen molar-refractivity contribution in [3.05, 3.63) is 23.8 Å². The summed E-state index contributed by atoms with van der Waals surface area (Å²) < 4.78 is 58.5. The van der Waals surface area contributed by atoms with Crippen LogP contribution in [0.25, 0.3) is 0 Å². The Bertz CT molecular complexity index is 783. The highest BCUT2D eigenvalue weighted by Crippen LogP contribution is 2.21. The van der Waals surface area contributed by atoms with Crippen LogP contribution in [0.4, 0.5) is 0 Å². The van der Waals surface area contributed by atoms with Crippen LogP contribution >= 0.6 is 0 Å². The third kappa shape index (κ3) is 5.40. The molecular weight excluding hydrogens is 364 g/mol. The highest BCUT2D eigenvalue weighted by Gasteiger charge is 2.24. The monoisotopic (exact) mass is 390 g/mol. The highest BCUT2D eigenvalue weighted by atomic mass is 32.2. The molecule has 142 valence electrons. The number of hydrogen-bond donors (Lipinski definition) is 1. The molecule has 1 saturated heterocycles. The third-order valence-electron chi connectivity index (χ3n) is 4.28. The van der Waals surface area contributed by atoms with Gasteiger partial charge in [-0.05, 0) is 43.5 Å². The lowest BCUT2D eigenvalue weighted by Gasteiger charge is -2.20. The Morgan fingerprint density at radius 1 is 1.08 bits per heavy atom. The molecule has 1 N–H and O–H groups in total. The Balaban J connectivity index is 2.00. The predicted molar refractivity (Wildman–Crippen MR) is 96.7 cm³/mol. The van der Waals surface area contributed by atoms with Crippen LogP contribution in [-0.4, -0.2) is 53.6 Å². The SMILES string of the molecule is COc1ccc(S(=O)(=O)NCCS(=O)(=O)N2CCCCCC2)c(C)c1. The summed E-state index contributed by atoms with van der Waals surface area (Å²) in [6.07, 6.45) is 3.79. The summed E-state index contributed by atoms with van der Waals surface area (Å²) in [5.74, 6) is 0.335. The van der Waals surface area contributed by atoms with E-state index < -0.39 is 20.0 Å². The number of rotatable bonds is 7. The largest absolute Gasteiger partial charge is 0.497 e. The predicted octanol–water partition coefficient (Wildman–Crippen LogP) is 1.49. The Labute approximate surface area is 150 Å². The summed E-state index contributed by atoms with van der Waals surface area (Å²) in [6, 6.07) is 4.65. The molecule has 1 aromatic carbocycles. The molecule has 1 aromatic rings. The summed E-state index contributed by atoms with van der Waals surface area (Å²) in [6.45, 7) is 2.57. The van der Waals surface area contributed by atoms with Crippen molar-refractivity contribution in [2.24, 2.45) is 0 Å². The van der Waals surface area contributed by atoms with Crippen molar-refractivity contribution in [2.45, 2.75) is 37.5 Å². The summed E-state index contributed by atoms with van der Waals surface area (Å²) in [7, 11) is -5.70. The van der Waals surface area contributed by atoms with Crippen LogP contribution < -0.4 is 9.46 Å². The first-order chi connectivity index (χ1) is 11.8. The van der Waals surface area contributed by atoms with Crippen LogP contribution in [0.1, 0.15) is 31.2 Å². The molecule has 0 aromatic heterocycles. The molecule has 0 unspecified atom stereocenters. The van der Waals surface area contributed by atoms with Crippen molar-refractivity contribution in [1.82, 2.24) is 9.03 Å². The number of nitrogens with zero attached hydrogens (tertiary/aromatic N) is 1. The first-order valence-electron chi connectivity index (χ1n) is 8.38. The topological polar surface area (TPSA) is 92.8 Å². The van der Waals surface area contributed by atoms with Gasteiger partial charge in [0, 0.05) is 19.6 Å². The van der Waals surface area contributed by atoms with Crippen LogP contribution in [-0.2, 0) is 20.0 Å². The molecule has 0 atom stereocenters. The summed E-state index contributed by atoms with van der Waals surface area (Å²) in [4.78, 5) is 0.125. The van der Waals surface area contributed by atoms with Gasteiger partial charge >= 0.3 is 0 Å². The lowest BCUT2D eigenvalue weighted by Crippen LogP contribution is -2.38. The van der Waals surface area contributed by atoms with Crippen LogP contribution in [0, 0.1) is 6.92 Å². The van der Waals surface area contributed by atoms with E-state index in [1.807, 2.05) is 0 Å². The summed E-state index contributed by atoms with van der Waals surface area (Å²) >= 11 is 0. The molecular formula is C16H26N2O5S2. The minimum Gasteiger partial charge on any atom is -0.497 e. The van der Waals surface area contributed by atoms with Gasteiger partial charge in [0.15, 0.2) is 0 Å². The fraction of sp³-hybridized carbons (Fsp3) is 0.625. The van der Waals surface area contributed by atoms with Gasteiger partial charge in [-0.2, -0.15) is 0 Å². The minimum atomic E-state index is -3.76. The quantitative estimate of drug-likeness (QED) is 0.761. The number of nitrogens with one attached hydrogen (secondary N) is 1. The van der Waals surface area contributed by atoms with Gasteiger partial charge in [0.25, 0.3) is 0 Å². The van der Waals surface area contributed by atoms with Crippen molar-refractivity contribution >= 4 is 20.0 Å². The van der Waals surface area contributed by atoms with E-state index in [-0.39, 0.29) is 17.2 Å². The Morgan fingerprint density at radius 2 is 1.72 bits per heavy atom. The molecule has 0 amide bonds. The first-order valence-corrected chi connectivity index (χ1v) is 11.5. The lowest BCUT2D eigenvalue weighted by atomic mass is 10.2. The zero-order valence-electron chi connectivity index (χ0n) is 14.7. The van der Waals surface area contributed by atoms with E-state index in [1.54, 1.807) is 19.1 Å². The van der Waals surface area contributed by atoms with E-state index in [9.17, 15) is 16.8 Å². The van der Waals surface area contributed by atoms with E-state index in [0.29, 0.717) is 24.4 Å². The van der Waals surface area contributed by atoms with E-state index in [1.165, 1.54) is 17.5 Å². The Morgan fingerprint density at radius 3 is 2.28 bits per heavy atom. The van der Waals surface area contributed by atoms with Gasteiger partial charge in [-0.1, -0.05) is 12.8 Å². The first kappa shape index (κ1) is 20.2. The third-order valence-corrected chi connectivity index (χ3v) is 7.78. The molecule has 0 radical (unpaired) electrons. The van der Waals surface area contributed by atoms with Crippen LogP contribution in [0.2, 0.25) is 0 Å². The molecule has 7 nitrogen and oxygen atoms in total. The van der Waals surface area contributed by atoms with Crippen LogP contribution in [0.3, 0.4) is 0 Å². The number of sulfonamides is 2. The molecule has 0 bridgehead atoms. The van der Waals surface area contributed by atoms with E-state index in [4.69, 9.17) is 4.74 Å². The average molecular weight is 391 g/mol.